The molecule has 0 atom stereocenters. The summed E-state index contributed by atoms with van der Waals surface area (Å²) in [6, 6.07) is 7.23. The fraction of sp³-hybridized carbons (Fsp3) is 0.133. The van der Waals surface area contributed by atoms with Crippen molar-refractivity contribution in [2.24, 2.45) is 0 Å². The predicted molar refractivity (Wildman–Crippen MR) is 85.0 cm³/mol. The Morgan fingerprint density at radius 3 is 2.86 bits per heavy atom. The summed E-state index contributed by atoms with van der Waals surface area (Å²) >= 11 is 4.82. The summed E-state index contributed by atoms with van der Waals surface area (Å²) in [4.78, 5) is 12.2. The molecule has 0 spiro atoms. The number of hydrogen-bond acceptors (Lipinski definition) is 4. The van der Waals surface area contributed by atoms with Gasteiger partial charge in [0.15, 0.2) is 11.5 Å². The van der Waals surface area contributed by atoms with E-state index in [0.717, 1.165) is 10.0 Å². The fourth-order valence-electron chi connectivity index (χ4n) is 2.05. The van der Waals surface area contributed by atoms with Gasteiger partial charge >= 0.3 is 5.97 Å². The first-order valence-corrected chi connectivity index (χ1v) is 7.90. The number of halogens is 1. The van der Waals surface area contributed by atoms with Crippen molar-refractivity contribution in [2.75, 3.05) is 13.2 Å². The van der Waals surface area contributed by atoms with E-state index in [2.05, 4.69) is 15.9 Å². The van der Waals surface area contributed by atoms with Gasteiger partial charge in [-0.25, -0.2) is 4.79 Å². The molecule has 0 fully saturated rings. The van der Waals surface area contributed by atoms with Gasteiger partial charge in [-0.1, -0.05) is 6.07 Å². The first-order chi connectivity index (χ1) is 10.1. The Morgan fingerprint density at radius 2 is 2.14 bits per heavy atom. The van der Waals surface area contributed by atoms with Crippen molar-refractivity contribution in [3.05, 3.63) is 44.6 Å². The van der Waals surface area contributed by atoms with E-state index in [4.69, 9.17) is 9.47 Å². The molecule has 0 aliphatic carbocycles. The highest BCUT2D eigenvalue weighted by Gasteiger charge is 2.17. The summed E-state index contributed by atoms with van der Waals surface area (Å²) in [5.74, 6) is 0.327. The maximum absolute atomic E-state index is 11.4. The van der Waals surface area contributed by atoms with Crippen molar-refractivity contribution >= 4 is 44.9 Å². The molecule has 0 saturated carbocycles. The molecule has 108 valence electrons. The van der Waals surface area contributed by atoms with Gasteiger partial charge in [0.25, 0.3) is 0 Å². The van der Waals surface area contributed by atoms with E-state index >= 15 is 0 Å². The van der Waals surface area contributed by atoms with Crippen molar-refractivity contribution in [1.82, 2.24) is 0 Å². The Balaban J connectivity index is 2.05. The van der Waals surface area contributed by atoms with Crippen LogP contribution in [0.25, 0.3) is 11.6 Å². The molecular weight excluding hydrogens is 356 g/mol. The van der Waals surface area contributed by atoms with Gasteiger partial charge in [0.1, 0.15) is 13.2 Å². The molecule has 0 unspecified atom stereocenters. The van der Waals surface area contributed by atoms with Crippen LogP contribution in [0.4, 0.5) is 0 Å². The number of rotatable bonds is 3. The highest BCUT2D eigenvalue weighted by Crippen LogP contribution is 2.39. The van der Waals surface area contributed by atoms with Crippen LogP contribution >= 0.6 is 27.3 Å². The van der Waals surface area contributed by atoms with Crippen molar-refractivity contribution in [2.45, 2.75) is 0 Å². The number of carboxylic acid groups (broad SMARTS) is 1. The van der Waals surface area contributed by atoms with Crippen molar-refractivity contribution in [3.8, 4) is 11.5 Å². The van der Waals surface area contributed by atoms with Crippen LogP contribution < -0.4 is 9.47 Å². The second-order valence-electron chi connectivity index (χ2n) is 4.37. The summed E-state index contributed by atoms with van der Waals surface area (Å²) in [5, 5.41) is 11.2. The molecule has 3 rings (SSSR count). The molecule has 1 aliphatic rings. The van der Waals surface area contributed by atoms with Gasteiger partial charge in [0.2, 0.25) is 0 Å². The fourth-order valence-corrected chi connectivity index (χ4v) is 3.36. The van der Waals surface area contributed by atoms with E-state index in [9.17, 15) is 9.90 Å². The molecule has 21 heavy (non-hydrogen) atoms. The van der Waals surface area contributed by atoms with E-state index in [0.29, 0.717) is 29.6 Å². The first-order valence-electron chi connectivity index (χ1n) is 6.23. The lowest BCUT2D eigenvalue weighted by Gasteiger charge is -2.20. The van der Waals surface area contributed by atoms with Gasteiger partial charge in [-0.15, -0.1) is 11.3 Å². The molecule has 1 aromatic heterocycles. The lowest BCUT2D eigenvalue weighted by molar-refractivity contribution is -0.130. The lowest BCUT2D eigenvalue weighted by atomic mass is 10.1. The zero-order chi connectivity index (χ0) is 14.8. The minimum atomic E-state index is -0.955. The first kappa shape index (κ1) is 14.2. The van der Waals surface area contributed by atoms with Crippen LogP contribution in [0.5, 0.6) is 11.5 Å². The summed E-state index contributed by atoms with van der Waals surface area (Å²) in [6.45, 7) is 1.000. The van der Waals surface area contributed by atoms with Crippen LogP contribution in [0, 0.1) is 0 Å². The molecule has 1 aliphatic heterocycles. The van der Waals surface area contributed by atoms with Crippen molar-refractivity contribution < 1.29 is 19.4 Å². The highest BCUT2D eigenvalue weighted by molar-refractivity contribution is 9.10. The quantitative estimate of drug-likeness (QED) is 0.836. The average molecular weight is 367 g/mol. The van der Waals surface area contributed by atoms with E-state index in [1.165, 1.54) is 11.3 Å². The molecule has 2 aromatic rings. The Kier molecular flexibility index (Phi) is 3.98. The van der Waals surface area contributed by atoms with Gasteiger partial charge in [-0.05, 0) is 51.1 Å². The Hall–Kier alpha value is -1.79. The number of hydrogen-bond donors (Lipinski definition) is 1. The van der Waals surface area contributed by atoms with Crippen LogP contribution in [0.3, 0.4) is 0 Å². The predicted octanol–water partition coefficient (Wildman–Crippen LogP) is 3.91. The topological polar surface area (TPSA) is 55.8 Å². The van der Waals surface area contributed by atoms with E-state index < -0.39 is 5.97 Å². The Bertz CT molecular complexity index is 707. The van der Waals surface area contributed by atoms with E-state index in [1.54, 1.807) is 18.2 Å². The third-order valence-electron chi connectivity index (χ3n) is 2.95. The Labute approximate surface area is 133 Å². The van der Waals surface area contributed by atoms with E-state index in [-0.39, 0.29) is 5.57 Å². The summed E-state index contributed by atoms with van der Waals surface area (Å²) in [7, 11) is 0. The highest BCUT2D eigenvalue weighted by atomic mass is 79.9. The number of thiophene rings is 1. The van der Waals surface area contributed by atoms with Crippen LogP contribution in [0.15, 0.2) is 34.1 Å². The second-order valence-corrected chi connectivity index (χ2v) is 6.17. The number of ether oxygens (including phenoxy) is 2. The molecule has 4 nitrogen and oxygen atoms in total. The standard InChI is InChI=1S/C15H11BrO4S/c16-11-7-9(8-12-14(11)20-4-3-19-12)6-10(15(17)18)13-2-1-5-21-13/h1-2,5-8H,3-4H2,(H,17,18)/b10-6-. The summed E-state index contributed by atoms with van der Waals surface area (Å²) < 4.78 is 11.8. The minimum absolute atomic E-state index is 0.258. The van der Waals surface area contributed by atoms with Crippen LogP contribution in [-0.2, 0) is 4.79 Å². The molecule has 6 heteroatoms. The smallest absolute Gasteiger partial charge is 0.337 e. The Morgan fingerprint density at radius 1 is 1.33 bits per heavy atom. The maximum Gasteiger partial charge on any atom is 0.337 e. The van der Waals surface area contributed by atoms with Crippen molar-refractivity contribution in [1.29, 1.82) is 0 Å². The van der Waals surface area contributed by atoms with Gasteiger partial charge in [-0.3, -0.25) is 0 Å². The van der Waals surface area contributed by atoms with Gasteiger partial charge in [-0.2, -0.15) is 0 Å². The molecule has 0 saturated heterocycles. The molecule has 0 amide bonds. The van der Waals surface area contributed by atoms with E-state index in [1.807, 2.05) is 17.5 Å². The van der Waals surface area contributed by atoms with Gasteiger partial charge in [0, 0.05) is 4.88 Å². The third-order valence-corrected chi connectivity index (χ3v) is 4.44. The minimum Gasteiger partial charge on any atom is -0.486 e. The number of carboxylic acids is 1. The molecule has 2 heterocycles. The molecule has 1 N–H and O–H groups in total. The molecule has 0 bridgehead atoms. The molecule has 1 aromatic carbocycles. The zero-order valence-electron chi connectivity index (χ0n) is 10.8. The number of benzene rings is 1. The van der Waals surface area contributed by atoms with Crippen LogP contribution in [-0.4, -0.2) is 24.3 Å². The van der Waals surface area contributed by atoms with Gasteiger partial charge in [0.05, 0.1) is 10.0 Å². The normalized spacial score (nSPS) is 14.0. The monoisotopic (exact) mass is 366 g/mol. The third kappa shape index (κ3) is 2.96. The van der Waals surface area contributed by atoms with Crippen LogP contribution in [0.1, 0.15) is 10.4 Å². The van der Waals surface area contributed by atoms with Crippen molar-refractivity contribution in [3.63, 3.8) is 0 Å². The zero-order valence-corrected chi connectivity index (χ0v) is 13.2. The molecular formula is C15H11BrO4S. The largest absolute Gasteiger partial charge is 0.486 e. The number of fused-ring (bicyclic) bond motifs is 1. The molecule has 0 radical (unpaired) electrons. The average Bonchev–Trinajstić information content (AvgIpc) is 2.98. The maximum atomic E-state index is 11.4. The number of aliphatic carboxylic acids is 1. The van der Waals surface area contributed by atoms with Crippen LogP contribution in [0.2, 0.25) is 0 Å². The van der Waals surface area contributed by atoms with Gasteiger partial charge < -0.3 is 14.6 Å². The SMILES string of the molecule is O=C(O)/C(=C\c1cc(Br)c2c(c1)OCCO2)c1cccs1. The summed E-state index contributed by atoms with van der Waals surface area (Å²) in [5.41, 5.74) is 1.01. The number of carbonyl (C=O) groups is 1. The lowest BCUT2D eigenvalue weighted by Crippen LogP contribution is -2.15. The summed E-state index contributed by atoms with van der Waals surface area (Å²) in [6.07, 6.45) is 1.64. The second kappa shape index (κ2) is 5.91.